The van der Waals surface area contributed by atoms with Crippen molar-refractivity contribution in [1.82, 2.24) is 0 Å². The summed E-state index contributed by atoms with van der Waals surface area (Å²) < 4.78 is 12.8. The van der Waals surface area contributed by atoms with E-state index in [9.17, 15) is 9.50 Å². The smallest absolute Gasteiger partial charge is 0.126 e. The van der Waals surface area contributed by atoms with Gasteiger partial charge in [0.25, 0.3) is 0 Å². The van der Waals surface area contributed by atoms with Gasteiger partial charge < -0.3 is 10.8 Å². The Kier molecular flexibility index (Phi) is 2.78. The molecular weight excluding hydrogens is 157 g/mol. The van der Waals surface area contributed by atoms with Gasteiger partial charge in [0, 0.05) is 6.54 Å². The first-order chi connectivity index (χ1) is 5.65. The first-order valence-corrected chi connectivity index (χ1v) is 3.79. The Hall–Kier alpha value is -0.930. The number of benzene rings is 1. The molecule has 0 saturated carbocycles. The van der Waals surface area contributed by atoms with Crippen LogP contribution < -0.4 is 5.73 Å². The lowest BCUT2D eigenvalue weighted by atomic mass is 10.1. The first-order valence-electron chi connectivity index (χ1n) is 3.79. The largest absolute Gasteiger partial charge is 0.387 e. The summed E-state index contributed by atoms with van der Waals surface area (Å²) in [5.74, 6) is -0.261. The van der Waals surface area contributed by atoms with E-state index >= 15 is 0 Å². The van der Waals surface area contributed by atoms with Crippen molar-refractivity contribution in [1.29, 1.82) is 0 Å². The molecule has 0 saturated heterocycles. The lowest BCUT2D eigenvalue weighted by Gasteiger charge is -2.08. The molecule has 2 nitrogen and oxygen atoms in total. The molecule has 0 aliphatic rings. The summed E-state index contributed by atoms with van der Waals surface area (Å²) in [6, 6.07) is 4.48. The minimum atomic E-state index is -0.690. The fourth-order valence-corrected chi connectivity index (χ4v) is 1.01. The molecule has 12 heavy (non-hydrogen) atoms. The number of halogens is 1. The Labute approximate surface area is 70.8 Å². The van der Waals surface area contributed by atoms with Crippen LogP contribution in [-0.2, 0) is 0 Å². The summed E-state index contributed by atoms with van der Waals surface area (Å²) in [6.45, 7) is 1.81. The number of aryl methyl sites for hydroxylation is 1. The van der Waals surface area contributed by atoms with Crippen molar-refractivity contribution in [3.05, 3.63) is 35.1 Å². The number of hydrogen-bond donors (Lipinski definition) is 2. The number of aliphatic hydroxyl groups is 1. The van der Waals surface area contributed by atoms with E-state index in [1.54, 1.807) is 19.1 Å². The molecular formula is C9H12FNO. The molecule has 66 valence electrons. The monoisotopic (exact) mass is 169 g/mol. The molecule has 1 aromatic rings. The summed E-state index contributed by atoms with van der Waals surface area (Å²) in [5.41, 5.74) is 6.44. The van der Waals surface area contributed by atoms with Gasteiger partial charge in [0.15, 0.2) is 0 Å². The van der Waals surface area contributed by atoms with Crippen molar-refractivity contribution in [2.45, 2.75) is 13.0 Å². The molecule has 1 aromatic carbocycles. The summed E-state index contributed by atoms with van der Waals surface area (Å²) in [5, 5.41) is 9.30. The zero-order chi connectivity index (χ0) is 9.14. The molecule has 0 aliphatic heterocycles. The highest BCUT2D eigenvalue weighted by molar-refractivity contribution is 5.25. The Morgan fingerprint density at radius 3 is 2.75 bits per heavy atom. The molecule has 1 unspecified atom stereocenters. The summed E-state index contributed by atoms with van der Waals surface area (Å²) >= 11 is 0. The number of nitrogens with two attached hydrogens (primary N) is 1. The van der Waals surface area contributed by atoms with Gasteiger partial charge in [0.05, 0.1) is 6.10 Å². The summed E-state index contributed by atoms with van der Waals surface area (Å²) in [6.07, 6.45) is -0.690. The third-order valence-corrected chi connectivity index (χ3v) is 1.79. The van der Waals surface area contributed by atoms with Crippen molar-refractivity contribution in [2.24, 2.45) is 5.73 Å². The van der Waals surface area contributed by atoms with Crippen molar-refractivity contribution >= 4 is 0 Å². The SMILES string of the molecule is Cc1cc(C(O)CN)ccc1F. The summed E-state index contributed by atoms with van der Waals surface area (Å²) in [7, 11) is 0. The molecule has 0 heterocycles. The zero-order valence-electron chi connectivity index (χ0n) is 6.92. The molecule has 0 spiro atoms. The minimum absolute atomic E-state index is 0.158. The molecule has 3 N–H and O–H groups in total. The Morgan fingerprint density at radius 1 is 1.58 bits per heavy atom. The molecule has 3 heteroatoms. The second kappa shape index (κ2) is 3.65. The average molecular weight is 169 g/mol. The van der Waals surface area contributed by atoms with Gasteiger partial charge in [-0.05, 0) is 24.1 Å². The van der Waals surface area contributed by atoms with Crippen molar-refractivity contribution < 1.29 is 9.50 Å². The van der Waals surface area contributed by atoms with Gasteiger partial charge in [0.2, 0.25) is 0 Å². The van der Waals surface area contributed by atoms with Gasteiger partial charge in [-0.15, -0.1) is 0 Å². The van der Waals surface area contributed by atoms with Crippen molar-refractivity contribution in [2.75, 3.05) is 6.54 Å². The van der Waals surface area contributed by atoms with E-state index in [1.807, 2.05) is 0 Å². The number of hydrogen-bond acceptors (Lipinski definition) is 2. The van der Waals surface area contributed by atoms with Crippen LogP contribution in [-0.4, -0.2) is 11.7 Å². The molecule has 0 fully saturated rings. The Bertz CT molecular complexity index is 275. The second-order valence-corrected chi connectivity index (χ2v) is 2.76. The van der Waals surface area contributed by atoms with E-state index in [0.29, 0.717) is 11.1 Å². The van der Waals surface area contributed by atoms with Gasteiger partial charge in [-0.1, -0.05) is 12.1 Å². The van der Waals surface area contributed by atoms with Crippen LogP contribution in [0.1, 0.15) is 17.2 Å². The highest BCUT2D eigenvalue weighted by Gasteiger charge is 2.06. The molecule has 1 rings (SSSR count). The normalized spacial score (nSPS) is 13.0. The maximum absolute atomic E-state index is 12.8. The molecule has 0 amide bonds. The maximum Gasteiger partial charge on any atom is 0.126 e. The van der Waals surface area contributed by atoms with Crippen LogP contribution in [0.4, 0.5) is 4.39 Å². The third-order valence-electron chi connectivity index (χ3n) is 1.79. The van der Waals surface area contributed by atoms with Gasteiger partial charge in [-0.2, -0.15) is 0 Å². The molecule has 1 atom stereocenters. The van der Waals surface area contributed by atoms with Crippen molar-refractivity contribution in [3.8, 4) is 0 Å². The van der Waals surface area contributed by atoms with Crippen LogP contribution in [0.2, 0.25) is 0 Å². The third kappa shape index (κ3) is 1.81. The molecule has 0 bridgehead atoms. The first kappa shape index (κ1) is 9.16. The molecule has 0 radical (unpaired) electrons. The van der Waals surface area contributed by atoms with E-state index in [4.69, 9.17) is 5.73 Å². The van der Waals surface area contributed by atoms with Crippen LogP contribution in [0.5, 0.6) is 0 Å². The van der Waals surface area contributed by atoms with Crippen molar-refractivity contribution in [3.63, 3.8) is 0 Å². The van der Waals surface area contributed by atoms with Crippen LogP contribution in [0.3, 0.4) is 0 Å². The predicted molar refractivity (Wildman–Crippen MR) is 45.2 cm³/mol. The lowest BCUT2D eigenvalue weighted by molar-refractivity contribution is 0.186. The highest BCUT2D eigenvalue weighted by atomic mass is 19.1. The van der Waals surface area contributed by atoms with Crippen LogP contribution in [0.25, 0.3) is 0 Å². The van der Waals surface area contributed by atoms with Gasteiger partial charge >= 0.3 is 0 Å². The number of aliphatic hydroxyl groups excluding tert-OH is 1. The average Bonchev–Trinajstić information content (AvgIpc) is 2.08. The van der Waals surface area contributed by atoms with E-state index in [0.717, 1.165) is 0 Å². The summed E-state index contributed by atoms with van der Waals surface area (Å²) in [4.78, 5) is 0. The van der Waals surface area contributed by atoms with E-state index in [2.05, 4.69) is 0 Å². The predicted octanol–water partition coefficient (Wildman–Crippen LogP) is 1.13. The zero-order valence-corrected chi connectivity index (χ0v) is 6.92. The number of rotatable bonds is 2. The van der Waals surface area contributed by atoms with Crippen LogP contribution >= 0.6 is 0 Å². The molecule has 0 aromatic heterocycles. The maximum atomic E-state index is 12.8. The lowest BCUT2D eigenvalue weighted by Crippen LogP contribution is -2.11. The second-order valence-electron chi connectivity index (χ2n) is 2.76. The highest BCUT2D eigenvalue weighted by Crippen LogP contribution is 2.15. The van der Waals surface area contributed by atoms with Crippen LogP contribution in [0.15, 0.2) is 18.2 Å². The van der Waals surface area contributed by atoms with Gasteiger partial charge in [-0.25, -0.2) is 4.39 Å². The van der Waals surface area contributed by atoms with Gasteiger partial charge in [-0.3, -0.25) is 0 Å². The topological polar surface area (TPSA) is 46.2 Å². The molecule has 0 aliphatic carbocycles. The van der Waals surface area contributed by atoms with Gasteiger partial charge in [0.1, 0.15) is 5.82 Å². The minimum Gasteiger partial charge on any atom is -0.387 e. The van der Waals surface area contributed by atoms with E-state index in [-0.39, 0.29) is 12.4 Å². The standard InChI is InChI=1S/C9H12FNO/c1-6-4-7(9(12)5-11)2-3-8(6)10/h2-4,9,12H,5,11H2,1H3. The Balaban J connectivity index is 2.96. The van der Waals surface area contributed by atoms with E-state index in [1.165, 1.54) is 6.07 Å². The fourth-order valence-electron chi connectivity index (χ4n) is 1.01. The fraction of sp³-hybridized carbons (Fsp3) is 0.333. The van der Waals surface area contributed by atoms with E-state index < -0.39 is 6.10 Å². The Morgan fingerprint density at radius 2 is 2.25 bits per heavy atom. The quantitative estimate of drug-likeness (QED) is 0.697. The van der Waals surface area contributed by atoms with Crippen LogP contribution in [0, 0.1) is 12.7 Å².